The topological polar surface area (TPSA) is 87.7 Å². The highest BCUT2D eigenvalue weighted by Crippen LogP contribution is 2.74. The van der Waals surface area contributed by atoms with E-state index < -0.39 is 41.6 Å². The molecule has 6 atom stereocenters. The zero-order valence-electron chi connectivity index (χ0n) is 22.1. The number of hydrogen-bond donors (Lipinski definition) is 2. The van der Waals surface area contributed by atoms with Gasteiger partial charge in [-0.05, 0) is 82.3 Å². The molecule has 10 heteroatoms. The van der Waals surface area contributed by atoms with E-state index in [-0.39, 0.29) is 55.1 Å². The van der Waals surface area contributed by atoms with Gasteiger partial charge in [-0.25, -0.2) is 13.6 Å². The van der Waals surface area contributed by atoms with E-state index in [4.69, 9.17) is 4.74 Å². The van der Waals surface area contributed by atoms with Gasteiger partial charge in [0.25, 0.3) is 0 Å². The van der Waals surface area contributed by atoms with E-state index in [0.29, 0.717) is 10.0 Å². The van der Waals surface area contributed by atoms with Crippen LogP contribution in [0.2, 0.25) is 0 Å². The summed E-state index contributed by atoms with van der Waals surface area (Å²) >= 11 is 3.24. The molecule has 0 aromatic heterocycles. The molecule has 0 radical (unpaired) electrons. The number of alkyl halides is 1. The zero-order chi connectivity index (χ0) is 27.4. The highest BCUT2D eigenvalue weighted by atomic mass is 79.9. The fraction of sp³-hybridized carbons (Fsp3) is 0.679. The van der Waals surface area contributed by atoms with Gasteiger partial charge in [0.05, 0.1) is 24.4 Å². The quantitative estimate of drug-likeness (QED) is 0.515. The molecule has 1 aromatic carbocycles. The second-order valence-corrected chi connectivity index (χ2v) is 13.3. The van der Waals surface area contributed by atoms with Crippen LogP contribution >= 0.6 is 15.9 Å². The Balaban J connectivity index is 1.24. The smallest absolute Gasteiger partial charge is 0.410 e. The number of carbonyl (C=O) groups is 3. The van der Waals surface area contributed by atoms with Crippen molar-refractivity contribution in [3.63, 3.8) is 0 Å². The minimum absolute atomic E-state index is 0.0298. The molecule has 208 valence electrons. The van der Waals surface area contributed by atoms with Crippen LogP contribution in [0, 0.1) is 34.9 Å². The summed E-state index contributed by atoms with van der Waals surface area (Å²) in [6.07, 6.45) is 2.10. The largest absolute Gasteiger partial charge is 0.444 e. The fourth-order valence-electron chi connectivity index (χ4n) is 7.17. The number of nitrogens with zero attached hydrogens (tertiary/aromatic N) is 1. The number of benzene rings is 1. The van der Waals surface area contributed by atoms with E-state index in [1.54, 1.807) is 32.9 Å². The second kappa shape index (κ2) is 10.1. The molecule has 1 spiro atoms. The summed E-state index contributed by atoms with van der Waals surface area (Å²) in [7, 11) is 0. The van der Waals surface area contributed by atoms with Gasteiger partial charge in [-0.1, -0.05) is 22.0 Å². The van der Waals surface area contributed by atoms with Crippen LogP contribution in [0.5, 0.6) is 0 Å². The Hall–Kier alpha value is -2.23. The number of ether oxygens (including phenoxy) is 1. The predicted octanol–water partition coefficient (Wildman–Crippen LogP) is 4.72. The van der Waals surface area contributed by atoms with Crippen molar-refractivity contribution in [2.24, 2.45) is 29.1 Å². The van der Waals surface area contributed by atoms with Crippen LogP contribution < -0.4 is 10.6 Å². The van der Waals surface area contributed by atoms with Gasteiger partial charge in [-0.3, -0.25) is 9.59 Å². The van der Waals surface area contributed by atoms with Crippen molar-refractivity contribution >= 4 is 33.8 Å². The van der Waals surface area contributed by atoms with Gasteiger partial charge in [-0.15, -0.1) is 0 Å². The van der Waals surface area contributed by atoms with Crippen molar-refractivity contribution in [2.75, 3.05) is 13.1 Å². The van der Waals surface area contributed by atoms with Gasteiger partial charge in [-0.2, -0.15) is 0 Å². The van der Waals surface area contributed by atoms with Crippen LogP contribution in [0.3, 0.4) is 0 Å². The number of likely N-dealkylation sites (tertiary alicyclic amines) is 1. The van der Waals surface area contributed by atoms with E-state index in [2.05, 4.69) is 26.6 Å². The Labute approximate surface area is 230 Å². The van der Waals surface area contributed by atoms with E-state index in [1.807, 2.05) is 0 Å². The van der Waals surface area contributed by atoms with Crippen molar-refractivity contribution in [3.8, 4) is 0 Å². The molecule has 4 aliphatic rings. The Morgan fingerprint density at radius 2 is 1.76 bits per heavy atom. The Morgan fingerprint density at radius 3 is 2.34 bits per heavy atom. The highest BCUT2D eigenvalue weighted by molar-refractivity contribution is 9.10. The predicted molar refractivity (Wildman–Crippen MR) is 140 cm³/mol. The molecular formula is C28H36BrF2N3O4. The van der Waals surface area contributed by atoms with Gasteiger partial charge in [0.2, 0.25) is 11.8 Å². The summed E-state index contributed by atoms with van der Waals surface area (Å²) in [4.78, 5) is 40.8. The third kappa shape index (κ3) is 5.17. The first kappa shape index (κ1) is 27.3. The minimum atomic E-state index is -1.43. The van der Waals surface area contributed by atoms with E-state index >= 15 is 4.39 Å². The zero-order valence-corrected chi connectivity index (χ0v) is 23.7. The first-order valence-corrected chi connectivity index (χ1v) is 14.3. The van der Waals surface area contributed by atoms with Gasteiger partial charge in [0.1, 0.15) is 17.6 Å². The summed E-state index contributed by atoms with van der Waals surface area (Å²) in [5, 5.41) is 5.78. The number of halogens is 3. The molecule has 5 rings (SSSR count). The molecule has 4 fully saturated rings. The number of amides is 3. The molecule has 1 saturated heterocycles. The first-order chi connectivity index (χ1) is 17.9. The average molecular weight is 597 g/mol. The van der Waals surface area contributed by atoms with Crippen molar-refractivity contribution in [1.82, 2.24) is 15.5 Å². The molecule has 7 nitrogen and oxygen atoms in total. The van der Waals surface area contributed by atoms with E-state index in [0.717, 1.165) is 25.7 Å². The molecule has 1 heterocycles. The van der Waals surface area contributed by atoms with Crippen molar-refractivity contribution in [2.45, 2.75) is 77.2 Å². The molecule has 1 aliphatic heterocycles. The van der Waals surface area contributed by atoms with Crippen LogP contribution in [-0.4, -0.2) is 53.7 Å². The lowest BCUT2D eigenvalue weighted by Crippen LogP contribution is -2.56. The molecule has 3 saturated carbocycles. The number of nitrogens with one attached hydrogen (secondary N) is 2. The lowest BCUT2D eigenvalue weighted by molar-refractivity contribution is -0.138. The standard InChI is InChI=1S/C28H36BrF2N3O4/c1-27(2,3)38-26(37)34-11-8-21(20(31)14-34)33-25(36)23-18-7-6-17(28(18)9-10-28)22(23)24(35)32-13-15-4-5-16(29)12-19(15)30/h4-5,12,17-18,20-23H,6-11,13-14H2,1-3H3,(H,32,35)(H,33,36)/t17-,18+,20-,21-,22+,23+/m0/s1. The third-order valence-corrected chi connectivity index (χ3v) is 9.43. The molecular weight excluding hydrogens is 560 g/mol. The van der Waals surface area contributed by atoms with Crippen molar-refractivity contribution < 1.29 is 27.9 Å². The first-order valence-electron chi connectivity index (χ1n) is 13.5. The van der Waals surface area contributed by atoms with Gasteiger partial charge < -0.3 is 20.3 Å². The third-order valence-electron chi connectivity index (χ3n) is 8.94. The fourth-order valence-corrected chi connectivity index (χ4v) is 7.50. The molecule has 2 bridgehead atoms. The Kier molecular flexibility index (Phi) is 7.24. The highest BCUT2D eigenvalue weighted by Gasteiger charge is 2.71. The Morgan fingerprint density at radius 1 is 1.11 bits per heavy atom. The maximum atomic E-state index is 15.1. The summed E-state index contributed by atoms with van der Waals surface area (Å²) in [6.45, 7) is 5.45. The lowest BCUT2D eigenvalue weighted by Gasteiger charge is -2.37. The van der Waals surface area contributed by atoms with Crippen LogP contribution in [0.25, 0.3) is 0 Å². The summed E-state index contributed by atoms with van der Waals surface area (Å²) in [5.41, 5.74) is -0.265. The number of carbonyl (C=O) groups excluding carboxylic acids is 3. The minimum Gasteiger partial charge on any atom is -0.444 e. The lowest BCUT2D eigenvalue weighted by atomic mass is 9.78. The Bertz CT molecular complexity index is 1120. The molecule has 3 amide bonds. The van der Waals surface area contributed by atoms with Crippen LogP contribution in [0.15, 0.2) is 22.7 Å². The van der Waals surface area contributed by atoms with Crippen LogP contribution in [0.1, 0.15) is 58.4 Å². The molecule has 2 N–H and O–H groups in total. The van der Waals surface area contributed by atoms with Crippen LogP contribution in [-0.2, 0) is 20.9 Å². The number of hydrogen-bond acceptors (Lipinski definition) is 4. The second-order valence-electron chi connectivity index (χ2n) is 12.4. The summed E-state index contributed by atoms with van der Waals surface area (Å²) in [5.74, 6) is -1.73. The van der Waals surface area contributed by atoms with Crippen molar-refractivity contribution in [1.29, 1.82) is 0 Å². The van der Waals surface area contributed by atoms with Gasteiger partial charge in [0.15, 0.2) is 0 Å². The maximum Gasteiger partial charge on any atom is 0.410 e. The molecule has 0 unspecified atom stereocenters. The summed E-state index contributed by atoms with van der Waals surface area (Å²) < 4.78 is 35.4. The molecule has 38 heavy (non-hydrogen) atoms. The SMILES string of the molecule is CC(C)(C)OC(=O)N1CC[C@H](NC(=O)[C@H]2[C@H](C(=O)NCc3ccc(Br)cc3F)[C@@H]3CC[C@H]2C32CC2)[C@@H](F)C1. The molecule has 3 aliphatic carbocycles. The van der Waals surface area contributed by atoms with Crippen LogP contribution in [0.4, 0.5) is 13.6 Å². The van der Waals surface area contributed by atoms with Gasteiger partial charge >= 0.3 is 6.09 Å². The molecule has 1 aromatic rings. The summed E-state index contributed by atoms with van der Waals surface area (Å²) in [6, 6.07) is 3.98. The monoisotopic (exact) mass is 595 g/mol. The average Bonchev–Trinajstić information content (AvgIpc) is 3.50. The van der Waals surface area contributed by atoms with Gasteiger partial charge in [0, 0.05) is 23.1 Å². The number of piperidine rings is 1. The normalized spacial score (nSPS) is 31.3. The van der Waals surface area contributed by atoms with E-state index in [1.165, 1.54) is 11.0 Å². The maximum absolute atomic E-state index is 15.1. The van der Waals surface area contributed by atoms with E-state index in [9.17, 15) is 18.8 Å². The number of rotatable bonds is 5. The van der Waals surface area contributed by atoms with Crippen molar-refractivity contribution in [3.05, 3.63) is 34.1 Å².